The van der Waals surface area contributed by atoms with Gasteiger partial charge in [-0.1, -0.05) is 0 Å². The molecular formula is C8H14O3. The molecule has 1 saturated carbocycles. The van der Waals surface area contributed by atoms with Crippen molar-refractivity contribution in [2.45, 2.75) is 31.2 Å². The van der Waals surface area contributed by atoms with Gasteiger partial charge in [-0.2, -0.15) is 0 Å². The molecule has 11 heavy (non-hydrogen) atoms. The van der Waals surface area contributed by atoms with Gasteiger partial charge in [0.2, 0.25) is 0 Å². The van der Waals surface area contributed by atoms with Crippen molar-refractivity contribution in [2.75, 3.05) is 13.7 Å². The molecular weight excluding hydrogens is 144 g/mol. The third kappa shape index (κ3) is 1.41. The Labute approximate surface area is 66.3 Å². The quantitative estimate of drug-likeness (QED) is 0.622. The van der Waals surface area contributed by atoms with Gasteiger partial charge in [0, 0.05) is 19.4 Å². The van der Waals surface area contributed by atoms with Crippen LogP contribution in [0.3, 0.4) is 0 Å². The van der Waals surface area contributed by atoms with Crippen molar-refractivity contribution in [1.82, 2.24) is 0 Å². The number of fused-ring (bicyclic) bond motifs is 1. The van der Waals surface area contributed by atoms with Gasteiger partial charge in [-0.3, -0.25) is 0 Å². The molecule has 2 fully saturated rings. The van der Waals surface area contributed by atoms with E-state index in [1.54, 1.807) is 7.11 Å². The van der Waals surface area contributed by atoms with Crippen LogP contribution in [0.5, 0.6) is 0 Å². The Balaban J connectivity index is 1.85. The predicted molar refractivity (Wildman–Crippen MR) is 39.3 cm³/mol. The molecule has 0 spiro atoms. The van der Waals surface area contributed by atoms with Crippen molar-refractivity contribution < 1.29 is 14.6 Å². The molecule has 3 nitrogen and oxygen atoms in total. The van der Waals surface area contributed by atoms with E-state index in [4.69, 9.17) is 9.47 Å². The molecule has 0 aromatic carbocycles. The number of aliphatic hydroxyl groups is 1. The summed E-state index contributed by atoms with van der Waals surface area (Å²) in [6.45, 7) is 0.611. The van der Waals surface area contributed by atoms with Gasteiger partial charge in [-0.05, 0) is 6.42 Å². The lowest BCUT2D eigenvalue weighted by molar-refractivity contribution is -0.0782. The topological polar surface area (TPSA) is 38.7 Å². The third-order valence-corrected chi connectivity index (χ3v) is 2.50. The maximum Gasteiger partial charge on any atom is 0.0836 e. The van der Waals surface area contributed by atoms with Crippen LogP contribution in [0.25, 0.3) is 0 Å². The summed E-state index contributed by atoms with van der Waals surface area (Å²) in [5, 5.41) is 9.48. The first-order valence-electron chi connectivity index (χ1n) is 4.13. The van der Waals surface area contributed by atoms with Crippen LogP contribution < -0.4 is 0 Å². The Morgan fingerprint density at radius 3 is 3.00 bits per heavy atom. The highest BCUT2D eigenvalue weighted by Crippen LogP contribution is 2.43. The molecule has 0 aromatic rings. The summed E-state index contributed by atoms with van der Waals surface area (Å²) in [7, 11) is 1.66. The first-order valence-corrected chi connectivity index (χ1v) is 4.13. The maximum atomic E-state index is 9.48. The van der Waals surface area contributed by atoms with Crippen molar-refractivity contribution in [3.05, 3.63) is 0 Å². The predicted octanol–water partition coefficient (Wildman–Crippen LogP) is 0.171. The Kier molecular flexibility index (Phi) is 1.87. The lowest BCUT2D eigenvalue weighted by Gasteiger charge is -2.25. The molecule has 1 N–H and O–H groups in total. The highest BCUT2D eigenvalue weighted by Gasteiger charge is 2.49. The van der Waals surface area contributed by atoms with E-state index in [9.17, 15) is 5.11 Å². The van der Waals surface area contributed by atoms with Crippen molar-refractivity contribution in [1.29, 1.82) is 0 Å². The zero-order chi connectivity index (χ0) is 7.84. The van der Waals surface area contributed by atoms with Gasteiger partial charge in [-0.15, -0.1) is 0 Å². The first-order chi connectivity index (χ1) is 5.31. The zero-order valence-electron chi connectivity index (χ0n) is 6.69. The molecule has 64 valence electrons. The summed E-state index contributed by atoms with van der Waals surface area (Å²) in [5.41, 5.74) is 0. The number of hydrogen-bond acceptors (Lipinski definition) is 3. The molecule has 2 aliphatic rings. The number of methoxy groups -OCH3 is 1. The van der Waals surface area contributed by atoms with E-state index in [0.717, 1.165) is 12.8 Å². The molecule has 0 radical (unpaired) electrons. The molecule has 4 atom stereocenters. The van der Waals surface area contributed by atoms with Crippen LogP contribution >= 0.6 is 0 Å². The average molecular weight is 158 g/mol. The SMILES string of the molecule is COC[C@@H]1C[C@H](O)[C@@H]2C[C@@H]2O1. The largest absolute Gasteiger partial charge is 0.393 e. The maximum absolute atomic E-state index is 9.48. The van der Waals surface area contributed by atoms with E-state index in [-0.39, 0.29) is 12.2 Å². The van der Waals surface area contributed by atoms with Crippen LogP contribution in [0.2, 0.25) is 0 Å². The fraction of sp³-hybridized carbons (Fsp3) is 1.00. The van der Waals surface area contributed by atoms with Crippen LogP contribution in [-0.2, 0) is 9.47 Å². The molecule has 0 unspecified atom stereocenters. The summed E-state index contributed by atoms with van der Waals surface area (Å²) in [6.07, 6.45) is 2.10. The lowest BCUT2D eigenvalue weighted by atomic mass is 10.1. The molecule has 3 heteroatoms. The lowest BCUT2D eigenvalue weighted by Crippen LogP contribution is -2.33. The highest BCUT2D eigenvalue weighted by atomic mass is 16.5. The number of hydrogen-bond donors (Lipinski definition) is 1. The Morgan fingerprint density at radius 2 is 2.36 bits per heavy atom. The minimum absolute atomic E-state index is 0.124. The van der Waals surface area contributed by atoms with Gasteiger partial charge < -0.3 is 14.6 Å². The van der Waals surface area contributed by atoms with Crippen LogP contribution in [-0.4, -0.2) is 37.1 Å². The van der Waals surface area contributed by atoms with Crippen LogP contribution in [0.1, 0.15) is 12.8 Å². The first kappa shape index (κ1) is 7.53. The van der Waals surface area contributed by atoms with E-state index in [1.165, 1.54) is 0 Å². The minimum Gasteiger partial charge on any atom is -0.393 e. The number of rotatable bonds is 2. The molecule has 2 rings (SSSR count). The second-order valence-corrected chi connectivity index (χ2v) is 3.45. The molecule has 0 amide bonds. The molecule has 1 saturated heterocycles. The molecule has 0 bridgehead atoms. The summed E-state index contributed by atoms with van der Waals surface area (Å²) in [4.78, 5) is 0. The molecule has 1 heterocycles. The van der Waals surface area contributed by atoms with Crippen LogP contribution in [0, 0.1) is 5.92 Å². The van der Waals surface area contributed by atoms with Gasteiger partial charge in [0.05, 0.1) is 24.9 Å². The smallest absolute Gasteiger partial charge is 0.0836 e. The summed E-state index contributed by atoms with van der Waals surface area (Å²) in [5.74, 6) is 0.433. The minimum atomic E-state index is -0.145. The van der Waals surface area contributed by atoms with Gasteiger partial charge in [0.25, 0.3) is 0 Å². The Hall–Kier alpha value is -0.120. The van der Waals surface area contributed by atoms with Gasteiger partial charge in [0.15, 0.2) is 0 Å². The van der Waals surface area contributed by atoms with E-state index in [0.29, 0.717) is 18.6 Å². The number of ether oxygens (including phenoxy) is 2. The van der Waals surface area contributed by atoms with E-state index < -0.39 is 0 Å². The zero-order valence-corrected chi connectivity index (χ0v) is 6.69. The second kappa shape index (κ2) is 2.73. The van der Waals surface area contributed by atoms with Crippen molar-refractivity contribution in [3.8, 4) is 0 Å². The molecule has 0 aromatic heterocycles. The van der Waals surface area contributed by atoms with E-state index >= 15 is 0 Å². The van der Waals surface area contributed by atoms with E-state index in [2.05, 4.69) is 0 Å². The number of aliphatic hydroxyl groups excluding tert-OH is 1. The highest BCUT2D eigenvalue weighted by molar-refractivity contribution is 4.98. The van der Waals surface area contributed by atoms with E-state index in [1.807, 2.05) is 0 Å². The monoisotopic (exact) mass is 158 g/mol. The molecule has 1 aliphatic heterocycles. The summed E-state index contributed by atoms with van der Waals surface area (Å²) >= 11 is 0. The summed E-state index contributed by atoms with van der Waals surface area (Å²) < 4.78 is 10.5. The second-order valence-electron chi connectivity index (χ2n) is 3.45. The van der Waals surface area contributed by atoms with Gasteiger partial charge >= 0.3 is 0 Å². The molecule has 1 aliphatic carbocycles. The van der Waals surface area contributed by atoms with Crippen LogP contribution in [0.4, 0.5) is 0 Å². The van der Waals surface area contributed by atoms with Crippen molar-refractivity contribution >= 4 is 0 Å². The Morgan fingerprint density at radius 1 is 1.55 bits per heavy atom. The van der Waals surface area contributed by atoms with Crippen molar-refractivity contribution in [3.63, 3.8) is 0 Å². The normalized spacial score (nSPS) is 48.5. The summed E-state index contributed by atoms with van der Waals surface area (Å²) in [6, 6.07) is 0. The van der Waals surface area contributed by atoms with Crippen LogP contribution in [0.15, 0.2) is 0 Å². The third-order valence-electron chi connectivity index (χ3n) is 2.50. The van der Waals surface area contributed by atoms with Gasteiger partial charge in [-0.25, -0.2) is 0 Å². The fourth-order valence-electron chi connectivity index (χ4n) is 1.79. The van der Waals surface area contributed by atoms with Gasteiger partial charge in [0.1, 0.15) is 0 Å². The fourth-order valence-corrected chi connectivity index (χ4v) is 1.79. The average Bonchev–Trinajstić information content (AvgIpc) is 2.67. The standard InChI is InChI=1S/C8H14O3/c1-10-4-5-2-7(9)6-3-8(6)11-5/h5-9H,2-4H2,1H3/t5-,6-,7-,8-/m0/s1. The van der Waals surface area contributed by atoms with Crippen molar-refractivity contribution in [2.24, 2.45) is 5.92 Å². The Bertz CT molecular complexity index is 148.